The Morgan fingerprint density at radius 3 is 2.19 bits per heavy atom. The molecule has 36 heavy (non-hydrogen) atoms. The Bertz CT molecular complexity index is 1040. The Kier molecular flexibility index (Phi) is 11.4. The summed E-state index contributed by atoms with van der Waals surface area (Å²) in [6.45, 7) is 7.72. The number of ether oxygens (including phenoxy) is 1. The molecule has 2 aromatic rings. The number of carbonyl (C=O) groups is 1. The molecule has 0 aliphatic carbocycles. The number of hydrogen-bond acceptors (Lipinski definition) is 6. The standard InChI is InChI=1S/C27H41N3O5S/c1-6-20(4)26(28)27(32)29-24(16-21-10-8-7-9-11-21)25(31)18-30(17-19(2)3)36(33,34)23-14-12-22(35-5)13-15-23/h7-15,19-20,24-26,31H,6,16-18,28H2,1-5H3,(H,29,32)/t20?,24-,25+,26-/m0/s1. The van der Waals surface area contributed by atoms with Crippen LogP contribution in [0.2, 0.25) is 0 Å². The largest absolute Gasteiger partial charge is 0.497 e. The van der Waals surface area contributed by atoms with E-state index in [-0.39, 0.29) is 35.7 Å². The third-order valence-electron chi connectivity index (χ3n) is 6.31. The van der Waals surface area contributed by atoms with Crippen LogP contribution in [0.15, 0.2) is 59.5 Å². The summed E-state index contributed by atoms with van der Waals surface area (Å²) in [5.74, 6) is 0.170. The van der Waals surface area contributed by atoms with Crippen molar-refractivity contribution in [2.24, 2.45) is 17.6 Å². The van der Waals surface area contributed by atoms with Crippen LogP contribution in [-0.4, -0.2) is 62.1 Å². The molecule has 4 atom stereocenters. The predicted octanol–water partition coefficient (Wildman–Crippen LogP) is 2.80. The van der Waals surface area contributed by atoms with Gasteiger partial charge in [0.25, 0.3) is 0 Å². The number of aliphatic hydroxyl groups excluding tert-OH is 1. The van der Waals surface area contributed by atoms with Crippen molar-refractivity contribution in [1.29, 1.82) is 0 Å². The molecule has 8 nitrogen and oxygen atoms in total. The Balaban J connectivity index is 2.33. The van der Waals surface area contributed by atoms with E-state index in [2.05, 4.69) is 5.32 Å². The summed E-state index contributed by atoms with van der Waals surface area (Å²) in [5.41, 5.74) is 7.05. The highest BCUT2D eigenvalue weighted by Crippen LogP contribution is 2.22. The minimum absolute atomic E-state index is 0.0196. The molecule has 2 aromatic carbocycles. The zero-order chi connectivity index (χ0) is 26.9. The van der Waals surface area contributed by atoms with Gasteiger partial charge in [0.15, 0.2) is 0 Å². The second-order valence-corrected chi connectivity index (χ2v) is 11.6. The Hall–Kier alpha value is -2.46. The van der Waals surface area contributed by atoms with Crippen LogP contribution in [0.4, 0.5) is 0 Å². The topological polar surface area (TPSA) is 122 Å². The number of methoxy groups -OCH3 is 1. The molecule has 0 saturated heterocycles. The molecule has 1 amide bonds. The van der Waals surface area contributed by atoms with Crippen LogP contribution >= 0.6 is 0 Å². The number of aliphatic hydroxyl groups is 1. The Morgan fingerprint density at radius 1 is 1.06 bits per heavy atom. The lowest BCUT2D eigenvalue weighted by molar-refractivity contribution is -0.125. The third kappa shape index (κ3) is 8.30. The lowest BCUT2D eigenvalue weighted by Gasteiger charge is -2.31. The molecule has 0 bridgehead atoms. The van der Waals surface area contributed by atoms with Gasteiger partial charge in [0.05, 0.1) is 30.2 Å². The average molecular weight is 520 g/mol. The predicted molar refractivity (Wildman–Crippen MR) is 142 cm³/mol. The van der Waals surface area contributed by atoms with Crippen molar-refractivity contribution >= 4 is 15.9 Å². The molecule has 0 aliphatic heterocycles. The number of rotatable bonds is 14. The lowest BCUT2D eigenvalue weighted by atomic mass is 9.97. The van der Waals surface area contributed by atoms with Gasteiger partial charge >= 0.3 is 0 Å². The van der Waals surface area contributed by atoms with Crippen molar-refractivity contribution < 1.29 is 23.1 Å². The van der Waals surface area contributed by atoms with Gasteiger partial charge in [-0.1, -0.05) is 64.4 Å². The van der Waals surface area contributed by atoms with Gasteiger partial charge in [-0.05, 0) is 48.1 Å². The summed E-state index contributed by atoms with van der Waals surface area (Å²) in [6, 6.07) is 14.2. The van der Waals surface area contributed by atoms with E-state index in [1.807, 2.05) is 58.0 Å². The maximum absolute atomic E-state index is 13.5. The molecule has 9 heteroatoms. The van der Waals surface area contributed by atoms with Crippen LogP contribution in [0.1, 0.15) is 39.7 Å². The zero-order valence-corrected chi connectivity index (χ0v) is 22.7. The van der Waals surface area contributed by atoms with Gasteiger partial charge in [-0.2, -0.15) is 4.31 Å². The fourth-order valence-corrected chi connectivity index (χ4v) is 5.47. The number of sulfonamides is 1. The first-order valence-electron chi connectivity index (χ1n) is 12.4. The van der Waals surface area contributed by atoms with Crippen molar-refractivity contribution in [3.8, 4) is 5.75 Å². The van der Waals surface area contributed by atoms with Gasteiger partial charge < -0.3 is 20.9 Å². The summed E-state index contributed by atoms with van der Waals surface area (Å²) in [5, 5.41) is 14.2. The van der Waals surface area contributed by atoms with E-state index in [4.69, 9.17) is 10.5 Å². The molecule has 0 aromatic heterocycles. The molecule has 0 spiro atoms. The number of nitrogens with zero attached hydrogens (tertiary/aromatic N) is 1. The van der Waals surface area contributed by atoms with Crippen LogP contribution < -0.4 is 15.8 Å². The number of amides is 1. The highest BCUT2D eigenvalue weighted by Gasteiger charge is 2.32. The summed E-state index contributed by atoms with van der Waals surface area (Å²) in [7, 11) is -2.39. The Morgan fingerprint density at radius 2 is 1.67 bits per heavy atom. The summed E-state index contributed by atoms with van der Waals surface area (Å²) < 4.78 is 33.4. The van der Waals surface area contributed by atoms with Gasteiger partial charge in [0.1, 0.15) is 5.75 Å². The number of nitrogens with one attached hydrogen (secondary N) is 1. The Labute approximate surface area is 215 Å². The highest BCUT2D eigenvalue weighted by atomic mass is 32.2. The zero-order valence-electron chi connectivity index (χ0n) is 21.9. The van der Waals surface area contributed by atoms with E-state index in [0.717, 1.165) is 12.0 Å². The van der Waals surface area contributed by atoms with Crippen molar-refractivity contribution in [2.45, 2.75) is 63.6 Å². The van der Waals surface area contributed by atoms with E-state index in [0.29, 0.717) is 12.2 Å². The maximum atomic E-state index is 13.5. The van der Waals surface area contributed by atoms with Crippen molar-refractivity contribution in [3.05, 3.63) is 60.2 Å². The van der Waals surface area contributed by atoms with E-state index in [1.165, 1.54) is 23.5 Å². The fraction of sp³-hybridized carbons (Fsp3) is 0.519. The van der Waals surface area contributed by atoms with Crippen LogP contribution in [0.3, 0.4) is 0 Å². The van der Waals surface area contributed by atoms with Crippen molar-refractivity contribution in [3.63, 3.8) is 0 Å². The minimum atomic E-state index is -3.90. The summed E-state index contributed by atoms with van der Waals surface area (Å²) >= 11 is 0. The maximum Gasteiger partial charge on any atom is 0.243 e. The summed E-state index contributed by atoms with van der Waals surface area (Å²) in [4.78, 5) is 13.0. The smallest absolute Gasteiger partial charge is 0.243 e. The van der Waals surface area contributed by atoms with Crippen LogP contribution in [-0.2, 0) is 21.2 Å². The molecule has 2 rings (SSSR count). The SMILES string of the molecule is CCC(C)[C@H](N)C(=O)N[C@@H](Cc1ccccc1)[C@H](O)CN(CC(C)C)S(=O)(=O)c1ccc(OC)cc1. The molecule has 0 fully saturated rings. The summed E-state index contributed by atoms with van der Waals surface area (Å²) in [6.07, 6.45) is -0.0907. The van der Waals surface area contributed by atoms with Crippen molar-refractivity contribution in [1.82, 2.24) is 9.62 Å². The molecular weight excluding hydrogens is 478 g/mol. The first-order chi connectivity index (χ1) is 17.0. The molecule has 0 heterocycles. The first-order valence-corrected chi connectivity index (χ1v) is 13.9. The van der Waals surface area contributed by atoms with Crippen molar-refractivity contribution in [2.75, 3.05) is 20.2 Å². The number of hydrogen-bond donors (Lipinski definition) is 3. The number of benzene rings is 2. The molecule has 0 aliphatic rings. The van der Waals surface area contributed by atoms with Gasteiger partial charge in [-0.25, -0.2) is 8.42 Å². The van der Waals surface area contributed by atoms with E-state index in [9.17, 15) is 18.3 Å². The molecule has 0 saturated carbocycles. The normalized spacial score (nSPS) is 15.4. The molecule has 200 valence electrons. The van der Waals surface area contributed by atoms with E-state index < -0.39 is 28.2 Å². The van der Waals surface area contributed by atoms with Crippen LogP contribution in [0.5, 0.6) is 5.75 Å². The van der Waals surface area contributed by atoms with Gasteiger partial charge in [-0.3, -0.25) is 4.79 Å². The van der Waals surface area contributed by atoms with Gasteiger partial charge in [-0.15, -0.1) is 0 Å². The number of nitrogens with two attached hydrogens (primary N) is 1. The van der Waals surface area contributed by atoms with Gasteiger partial charge in [0, 0.05) is 13.1 Å². The average Bonchev–Trinajstić information content (AvgIpc) is 2.87. The monoisotopic (exact) mass is 519 g/mol. The second kappa shape index (κ2) is 13.7. The van der Waals surface area contributed by atoms with Crippen LogP contribution in [0, 0.1) is 11.8 Å². The molecule has 1 unspecified atom stereocenters. The minimum Gasteiger partial charge on any atom is -0.497 e. The quantitative estimate of drug-likeness (QED) is 0.353. The molecule has 4 N–H and O–H groups in total. The van der Waals surface area contributed by atoms with E-state index in [1.54, 1.807) is 12.1 Å². The third-order valence-corrected chi connectivity index (χ3v) is 8.15. The second-order valence-electron chi connectivity index (χ2n) is 9.67. The first kappa shape index (κ1) is 29.8. The molecular formula is C27H41N3O5S. The highest BCUT2D eigenvalue weighted by molar-refractivity contribution is 7.89. The van der Waals surface area contributed by atoms with Crippen LogP contribution in [0.25, 0.3) is 0 Å². The number of carbonyl (C=O) groups excluding carboxylic acids is 1. The molecule has 0 radical (unpaired) electrons. The van der Waals surface area contributed by atoms with E-state index >= 15 is 0 Å². The lowest BCUT2D eigenvalue weighted by Crippen LogP contribution is -2.55. The fourth-order valence-electron chi connectivity index (χ4n) is 3.85. The van der Waals surface area contributed by atoms with Gasteiger partial charge in [0.2, 0.25) is 15.9 Å².